The highest BCUT2D eigenvalue weighted by molar-refractivity contribution is 7.86. The lowest BCUT2D eigenvalue weighted by Crippen LogP contribution is -2.48. The third-order valence-electron chi connectivity index (χ3n) is 4.12. The summed E-state index contributed by atoms with van der Waals surface area (Å²) < 4.78 is 34.1. The molecule has 0 spiro atoms. The summed E-state index contributed by atoms with van der Waals surface area (Å²) in [6.45, 7) is 2.25. The fourth-order valence-electron chi connectivity index (χ4n) is 2.99. The van der Waals surface area contributed by atoms with E-state index < -0.39 is 10.2 Å². The molecule has 5 nitrogen and oxygen atoms in total. The molecule has 2 heterocycles. The first-order chi connectivity index (χ1) is 10.5. The molecule has 0 saturated carbocycles. The third-order valence-corrected chi connectivity index (χ3v) is 6.91. The molecule has 8 heteroatoms. The van der Waals surface area contributed by atoms with Crippen LogP contribution in [0.3, 0.4) is 0 Å². The molecular formula is C14H18Cl2N2O3S. The molecule has 2 fully saturated rings. The minimum atomic E-state index is -3.47. The zero-order valence-electron chi connectivity index (χ0n) is 12.0. The van der Waals surface area contributed by atoms with Crippen LogP contribution in [0.15, 0.2) is 18.2 Å². The Morgan fingerprint density at radius 3 is 2.50 bits per heavy atom. The number of morpholine rings is 1. The van der Waals surface area contributed by atoms with Gasteiger partial charge in [-0.15, -0.1) is 0 Å². The second kappa shape index (κ2) is 6.63. The standard InChI is InChI=1S/C14H18Cl2N2O3S/c15-12-4-3-11(10-13(12)16)14-2-1-5-18(14)22(19,20)17-6-8-21-9-7-17/h3-4,10,14H,1-2,5-9H2/t14-/m1/s1. The minimum Gasteiger partial charge on any atom is -0.379 e. The van der Waals surface area contributed by atoms with Gasteiger partial charge in [-0.3, -0.25) is 0 Å². The highest BCUT2D eigenvalue weighted by Crippen LogP contribution is 2.37. The molecule has 0 radical (unpaired) electrons. The van der Waals surface area contributed by atoms with Crippen LogP contribution in [0.4, 0.5) is 0 Å². The van der Waals surface area contributed by atoms with Crippen molar-refractivity contribution in [2.75, 3.05) is 32.8 Å². The number of hydrogen-bond acceptors (Lipinski definition) is 3. The zero-order valence-corrected chi connectivity index (χ0v) is 14.4. The maximum absolute atomic E-state index is 12.9. The van der Waals surface area contributed by atoms with Crippen molar-refractivity contribution in [3.8, 4) is 0 Å². The van der Waals surface area contributed by atoms with Gasteiger partial charge in [0.05, 0.1) is 29.3 Å². The van der Waals surface area contributed by atoms with Crippen LogP contribution in [-0.2, 0) is 14.9 Å². The summed E-state index contributed by atoms with van der Waals surface area (Å²) in [7, 11) is -3.47. The van der Waals surface area contributed by atoms with E-state index in [-0.39, 0.29) is 6.04 Å². The number of nitrogens with zero attached hydrogens (tertiary/aromatic N) is 2. The molecule has 0 bridgehead atoms. The highest BCUT2D eigenvalue weighted by Gasteiger charge is 2.39. The zero-order chi connectivity index (χ0) is 15.7. The Balaban J connectivity index is 1.87. The topological polar surface area (TPSA) is 49.9 Å². The van der Waals surface area contributed by atoms with Gasteiger partial charge in [0.2, 0.25) is 0 Å². The van der Waals surface area contributed by atoms with Gasteiger partial charge in [0.1, 0.15) is 0 Å². The minimum absolute atomic E-state index is 0.178. The van der Waals surface area contributed by atoms with Crippen LogP contribution in [0.1, 0.15) is 24.4 Å². The molecule has 3 rings (SSSR count). The van der Waals surface area contributed by atoms with Crippen LogP contribution < -0.4 is 0 Å². The third kappa shape index (κ3) is 3.13. The van der Waals surface area contributed by atoms with Crippen molar-refractivity contribution in [1.29, 1.82) is 0 Å². The molecule has 0 unspecified atom stereocenters. The smallest absolute Gasteiger partial charge is 0.282 e. The monoisotopic (exact) mass is 364 g/mol. The number of rotatable bonds is 3. The predicted octanol–water partition coefficient (Wildman–Crippen LogP) is 2.71. The van der Waals surface area contributed by atoms with Crippen LogP contribution in [0.5, 0.6) is 0 Å². The molecular weight excluding hydrogens is 347 g/mol. The van der Waals surface area contributed by atoms with Gasteiger partial charge < -0.3 is 4.74 Å². The maximum Gasteiger partial charge on any atom is 0.282 e. The van der Waals surface area contributed by atoms with Gasteiger partial charge in [-0.05, 0) is 30.5 Å². The number of halogens is 2. The molecule has 122 valence electrons. The normalized spacial score (nSPS) is 24.7. The molecule has 0 aromatic heterocycles. The van der Waals surface area contributed by atoms with E-state index in [1.165, 1.54) is 4.31 Å². The SMILES string of the molecule is O=S(=O)(N1CCOCC1)N1CCC[C@@H]1c1ccc(Cl)c(Cl)c1. The fourth-order valence-corrected chi connectivity index (χ4v) is 5.12. The lowest BCUT2D eigenvalue weighted by atomic mass is 10.1. The average Bonchev–Trinajstić information content (AvgIpc) is 3.01. The van der Waals surface area contributed by atoms with Gasteiger partial charge in [-0.2, -0.15) is 17.0 Å². The Bertz CT molecular complexity index is 647. The molecule has 2 saturated heterocycles. The Morgan fingerprint density at radius 2 is 1.82 bits per heavy atom. The Hall–Kier alpha value is -0.370. The van der Waals surface area contributed by atoms with Gasteiger partial charge in [0.25, 0.3) is 10.2 Å². The Kier molecular flexibility index (Phi) is 4.97. The number of ether oxygens (including phenoxy) is 1. The van der Waals surface area contributed by atoms with Crippen molar-refractivity contribution in [2.45, 2.75) is 18.9 Å². The van der Waals surface area contributed by atoms with E-state index in [0.717, 1.165) is 18.4 Å². The van der Waals surface area contributed by atoms with Gasteiger partial charge in [0.15, 0.2) is 0 Å². The van der Waals surface area contributed by atoms with E-state index in [1.807, 2.05) is 6.07 Å². The van der Waals surface area contributed by atoms with Gasteiger partial charge in [0, 0.05) is 19.6 Å². The molecule has 0 amide bonds. The molecule has 22 heavy (non-hydrogen) atoms. The molecule has 0 N–H and O–H groups in total. The van der Waals surface area contributed by atoms with E-state index in [0.29, 0.717) is 42.9 Å². The van der Waals surface area contributed by atoms with Crippen molar-refractivity contribution in [2.24, 2.45) is 0 Å². The second-order valence-electron chi connectivity index (χ2n) is 5.46. The lowest BCUT2D eigenvalue weighted by Gasteiger charge is -2.33. The van der Waals surface area contributed by atoms with Crippen LogP contribution >= 0.6 is 23.2 Å². The number of hydrogen-bond donors (Lipinski definition) is 0. The fraction of sp³-hybridized carbons (Fsp3) is 0.571. The van der Waals surface area contributed by atoms with Crippen LogP contribution in [0.2, 0.25) is 10.0 Å². The van der Waals surface area contributed by atoms with Crippen LogP contribution in [0.25, 0.3) is 0 Å². The van der Waals surface area contributed by atoms with Crippen molar-refractivity contribution < 1.29 is 13.2 Å². The van der Waals surface area contributed by atoms with E-state index in [4.69, 9.17) is 27.9 Å². The summed E-state index contributed by atoms with van der Waals surface area (Å²) in [5, 5.41) is 0.931. The van der Waals surface area contributed by atoms with Crippen LogP contribution in [-0.4, -0.2) is 49.9 Å². The Morgan fingerprint density at radius 1 is 1.09 bits per heavy atom. The van der Waals surface area contributed by atoms with E-state index in [1.54, 1.807) is 16.4 Å². The van der Waals surface area contributed by atoms with Crippen LogP contribution in [0, 0.1) is 0 Å². The van der Waals surface area contributed by atoms with E-state index >= 15 is 0 Å². The second-order valence-corrected chi connectivity index (χ2v) is 8.16. The summed E-state index contributed by atoms with van der Waals surface area (Å²) in [6, 6.07) is 5.16. The van der Waals surface area contributed by atoms with Crippen molar-refractivity contribution in [3.05, 3.63) is 33.8 Å². The molecule has 2 aliphatic rings. The van der Waals surface area contributed by atoms with Gasteiger partial charge >= 0.3 is 0 Å². The Labute approximate surface area is 140 Å². The van der Waals surface area contributed by atoms with Gasteiger partial charge in [-0.1, -0.05) is 29.3 Å². The summed E-state index contributed by atoms with van der Waals surface area (Å²) in [6.07, 6.45) is 1.63. The lowest BCUT2D eigenvalue weighted by molar-refractivity contribution is 0.0699. The quantitative estimate of drug-likeness (QED) is 0.828. The highest BCUT2D eigenvalue weighted by atomic mass is 35.5. The number of benzene rings is 1. The first-order valence-corrected chi connectivity index (χ1v) is 9.45. The summed E-state index contributed by atoms with van der Waals surface area (Å²) in [5.74, 6) is 0. The van der Waals surface area contributed by atoms with E-state index in [9.17, 15) is 8.42 Å². The summed E-state index contributed by atoms with van der Waals surface area (Å²) >= 11 is 12.0. The maximum atomic E-state index is 12.9. The molecule has 2 aliphatic heterocycles. The van der Waals surface area contributed by atoms with Gasteiger partial charge in [-0.25, -0.2) is 0 Å². The molecule has 1 atom stereocenters. The average molecular weight is 365 g/mol. The summed E-state index contributed by atoms with van der Waals surface area (Å²) in [5.41, 5.74) is 0.892. The summed E-state index contributed by atoms with van der Waals surface area (Å²) in [4.78, 5) is 0. The van der Waals surface area contributed by atoms with Crippen molar-refractivity contribution in [3.63, 3.8) is 0 Å². The van der Waals surface area contributed by atoms with Crippen molar-refractivity contribution >= 4 is 33.4 Å². The van der Waals surface area contributed by atoms with Crippen molar-refractivity contribution in [1.82, 2.24) is 8.61 Å². The largest absolute Gasteiger partial charge is 0.379 e. The molecule has 1 aromatic carbocycles. The predicted molar refractivity (Wildman–Crippen MR) is 86.5 cm³/mol. The first-order valence-electron chi connectivity index (χ1n) is 7.30. The van der Waals surface area contributed by atoms with E-state index in [2.05, 4.69) is 0 Å². The first kappa shape index (κ1) is 16.5. The molecule has 0 aliphatic carbocycles. The molecule has 1 aromatic rings.